The third-order valence-electron chi connectivity index (χ3n) is 4.60. The molecule has 4 rings (SSSR count). The number of rotatable bonds is 2. The summed E-state index contributed by atoms with van der Waals surface area (Å²) < 4.78 is 34.9. The van der Waals surface area contributed by atoms with Crippen molar-refractivity contribution in [3.05, 3.63) is 48.2 Å². The van der Waals surface area contributed by atoms with Crippen molar-refractivity contribution in [2.24, 2.45) is 0 Å². The van der Waals surface area contributed by atoms with Crippen LogP contribution in [0.1, 0.15) is 13.8 Å². The highest BCUT2D eigenvalue weighted by molar-refractivity contribution is 5.82. The molecular formula is C19H19F2N3O2. The first-order chi connectivity index (χ1) is 12.4. The Balaban J connectivity index is 1.70. The number of fused-ring (bicyclic) bond motifs is 1. The van der Waals surface area contributed by atoms with E-state index in [4.69, 9.17) is 4.74 Å². The predicted octanol–water partition coefficient (Wildman–Crippen LogP) is 3.62. The van der Waals surface area contributed by atoms with E-state index in [9.17, 15) is 13.9 Å². The second kappa shape index (κ2) is 6.25. The number of nitrogens with zero attached hydrogens (tertiary/aromatic N) is 3. The van der Waals surface area contributed by atoms with Gasteiger partial charge in [0, 0.05) is 24.2 Å². The number of morpholine rings is 1. The first-order valence-corrected chi connectivity index (χ1v) is 8.49. The second-order valence-electron chi connectivity index (χ2n) is 6.69. The average molecular weight is 359 g/mol. The Kier molecular flexibility index (Phi) is 4.03. The lowest BCUT2D eigenvalue weighted by Crippen LogP contribution is -2.45. The van der Waals surface area contributed by atoms with Crippen molar-refractivity contribution in [1.82, 2.24) is 9.78 Å². The molecule has 3 aromatic rings. The Morgan fingerprint density at radius 1 is 1.08 bits per heavy atom. The van der Waals surface area contributed by atoms with Crippen molar-refractivity contribution in [3.8, 4) is 11.4 Å². The van der Waals surface area contributed by atoms with Crippen LogP contribution in [-0.2, 0) is 4.74 Å². The number of phenols is 1. The van der Waals surface area contributed by atoms with E-state index in [0.29, 0.717) is 5.69 Å². The number of hydrogen-bond acceptors (Lipinski definition) is 4. The van der Waals surface area contributed by atoms with Gasteiger partial charge in [-0.05, 0) is 44.2 Å². The molecule has 5 nitrogen and oxygen atoms in total. The minimum absolute atomic E-state index is 0.0465. The van der Waals surface area contributed by atoms with Crippen LogP contribution in [0.3, 0.4) is 0 Å². The summed E-state index contributed by atoms with van der Waals surface area (Å²) in [7, 11) is 0. The van der Waals surface area contributed by atoms with Gasteiger partial charge in [0.2, 0.25) is 0 Å². The molecular weight excluding hydrogens is 340 g/mol. The second-order valence-corrected chi connectivity index (χ2v) is 6.69. The van der Waals surface area contributed by atoms with Crippen LogP contribution in [0.15, 0.2) is 36.5 Å². The maximum Gasteiger partial charge on any atom is 0.194 e. The van der Waals surface area contributed by atoms with E-state index in [0.717, 1.165) is 24.8 Å². The minimum Gasteiger partial charge on any atom is -0.503 e. The van der Waals surface area contributed by atoms with E-state index in [-0.39, 0.29) is 23.1 Å². The van der Waals surface area contributed by atoms with E-state index in [1.54, 1.807) is 0 Å². The van der Waals surface area contributed by atoms with Gasteiger partial charge in [-0.25, -0.2) is 13.5 Å². The molecule has 2 atom stereocenters. The molecule has 0 amide bonds. The Morgan fingerprint density at radius 2 is 1.69 bits per heavy atom. The molecule has 0 unspecified atom stereocenters. The molecule has 0 spiro atoms. The molecule has 1 aliphatic heterocycles. The van der Waals surface area contributed by atoms with Crippen LogP contribution in [0, 0.1) is 11.6 Å². The van der Waals surface area contributed by atoms with Gasteiger partial charge in [0.15, 0.2) is 17.4 Å². The number of aromatic nitrogens is 2. The van der Waals surface area contributed by atoms with Crippen LogP contribution in [-0.4, -0.2) is 40.2 Å². The summed E-state index contributed by atoms with van der Waals surface area (Å²) >= 11 is 0. The van der Waals surface area contributed by atoms with Gasteiger partial charge in [-0.1, -0.05) is 0 Å². The molecule has 1 aliphatic rings. The molecule has 0 bridgehead atoms. The molecule has 0 radical (unpaired) electrons. The lowest BCUT2D eigenvalue weighted by molar-refractivity contribution is -0.00521. The third-order valence-corrected chi connectivity index (χ3v) is 4.60. The van der Waals surface area contributed by atoms with Crippen LogP contribution in [0.25, 0.3) is 16.6 Å². The number of halogens is 2. The summed E-state index contributed by atoms with van der Waals surface area (Å²) in [5.41, 5.74) is 1.72. The molecule has 2 aromatic carbocycles. The molecule has 1 aromatic heterocycles. The van der Waals surface area contributed by atoms with E-state index in [1.165, 1.54) is 10.9 Å². The summed E-state index contributed by atoms with van der Waals surface area (Å²) in [5, 5.41) is 14.0. The molecule has 2 heterocycles. The number of aromatic hydroxyl groups is 1. The zero-order chi connectivity index (χ0) is 18.4. The highest BCUT2D eigenvalue weighted by Crippen LogP contribution is 2.30. The smallest absolute Gasteiger partial charge is 0.194 e. The Morgan fingerprint density at radius 3 is 2.35 bits per heavy atom. The molecule has 1 saturated heterocycles. The monoisotopic (exact) mass is 359 g/mol. The normalized spacial score (nSPS) is 20.7. The van der Waals surface area contributed by atoms with Gasteiger partial charge < -0.3 is 14.7 Å². The molecule has 0 saturated carbocycles. The van der Waals surface area contributed by atoms with E-state index in [1.807, 2.05) is 38.1 Å². The van der Waals surface area contributed by atoms with Crippen LogP contribution >= 0.6 is 0 Å². The van der Waals surface area contributed by atoms with Crippen molar-refractivity contribution >= 4 is 16.6 Å². The highest BCUT2D eigenvalue weighted by Gasteiger charge is 2.23. The van der Waals surface area contributed by atoms with Gasteiger partial charge in [0.1, 0.15) is 5.52 Å². The molecule has 1 fully saturated rings. The fourth-order valence-corrected chi connectivity index (χ4v) is 3.50. The summed E-state index contributed by atoms with van der Waals surface area (Å²) in [6.07, 6.45) is 1.68. The van der Waals surface area contributed by atoms with Crippen molar-refractivity contribution in [1.29, 1.82) is 0 Å². The summed E-state index contributed by atoms with van der Waals surface area (Å²) in [6, 6.07) is 8.60. The van der Waals surface area contributed by atoms with Crippen molar-refractivity contribution in [2.45, 2.75) is 26.1 Å². The summed E-state index contributed by atoms with van der Waals surface area (Å²) in [6.45, 7) is 5.69. The fourth-order valence-electron chi connectivity index (χ4n) is 3.50. The van der Waals surface area contributed by atoms with Gasteiger partial charge in [0.25, 0.3) is 0 Å². The third kappa shape index (κ3) is 2.78. The van der Waals surface area contributed by atoms with Crippen molar-refractivity contribution < 1.29 is 18.6 Å². The quantitative estimate of drug-likeness (QED) is 0.759. The van der Waals surface area contributed by atoms with E-state index >= 15 is 0 Å². The minimum atomic E-state index is -1.02. The molecule has 26 heavy (non-hydrogen) atoms. The van der Waals surface area contributed by atoms with Crippen molar-refractivity contribution in [2.75, 3.05) is 18.0 Å². The number of anilines is 1. The van der Waals surface area contributed by atoms with Gasteiger partial charge in [-0.15, -0.1) is 0 Å². The Bertz CT molecular complexity index is 946. The van der Waals surface area contributed by atoms with Crippen LogP contribution in [0.2, 0.25) is 0 Å². The zero-order valence-electron chi connectivity index (χ0n) is 14.5. The zero-order valence-corrected chi connectivity index (χ0v) is 14.5. The Labute approximate surface area is 149 Å². The van der Waals surface area contributed by atoms with E-state index in [2.05, 4.69) is 10.00 Å². The largest absolute Gasteiger partial charge is 0.503 e. The summed E-state index contributed by atoms with van der Waals surface area (Å²) in [4.78, 5) is 2.24. The number of hydrogen-bond donors (Lipinski definition) is 1. The van der Waals surface area contributed by atoms with Crippen molar-refractivity contribution in [3.63, 3.8) is 0 Å². The van der Waals surface area contributed by atoms with Gasteiger partial charge in [-0.3, -0.25) is 0 Å². The lowest BCUT2D eigenvalue weighted by atomic mass is 10.2. The first-order valence-electron chi connectivity index (χ1n) is 8.49. The first kappa shape index (κ1) is 16.8. The molecule has 0 aliphatic carbocycles. The van der Waals surface area contributed by atoms with Gasteiger partial charge in [0.05, 0.1) is 24.1 Å². The SMILES string of the molecule is C[C@@H]1CN(c2ccc(-n3ncc4cc(F)c(O)c(F)c43)cc2)C[C@@H](C)O1. The van der Waals surface area contributed by atoms with Crippen LogP contribution in [0.4, 0.5) is 14.5 Å². The fraction of sp³-hybridized carbons (Fsp3) is 0.316. The van der Waals surface area contributed by atoms with Gasteiger partial charge in [-0.2, -0.15) is 5.10 Å². The number of phenolic OH excluding ortho intramolecular Hbond substituents is 1. The molecule has 7 heteroatoms. The molecule has 1 N–H and O–H groups in total. The number of benzene rings is 2. The lowest BCUT2D eigenvalue weighted by Gasteiger charge is -2.36. The topological polar surface area (TPSA) is 50.5 Å². The van der Waals surface area contributed by atoms with Crippen LogP contribution < -0.4 is 4.90 Å². The predicted molar refractivity (Wildman–Crippen MR) is 94.9 cm³/mol. The maximum atomic E-state index is 14.3. The molecule has 136 valence electrons. The van der Waals surface area contributed by atoms with Gasteiger partial charge >= 0.3 is 0 Å². The highest BCUT2D eigenvalue weighted by atomic mass is 19.1. The average Bonchev–Trinajstić information content (AvgIpc) is 3.03. The van der Waals surface area contributed by atoms with E-state index < -0.39 is 17.4 Å². The van der Waals surface area contributed by atoms with Crippen LogP contribution in [0.5, 0.6) is 5.75 Å². The maximum absolute atomic E-state index is 14.3. The standard InChI is InChI=1S/C19H19F2N3O2/c1-11-9-23(10-12(2)26-11)14-3-5-15(6-4-14)24-18-13(8-22-24)7-16(20)19(25)17(18)21/h3-8,11-12,25H,9-10H2,1-2H3/t11-,12-/m1/s1. The Hall–Kier alpha value is -2.67. The summed E-state index contributed by atoms with van der Waals surface area (Å²) in [5.74, 6) is -3.01. The number of ether oxygens (including phenoxy) is 1.